The van der Waals surface area contributed by atoms with Gasteiger partial charge in [0.15, 0.2) is 0 Å². The lowest BCUT2D eigenvalue weighted by atomic mass is 9.40. The third kappa shape index (κ3) is 6.40. The van der Waals surface area contributed by atoms with Gasteiger partial charge in [0.2, 0.25) is 6.71 Å². The van der Waals surface area contributed by atoms with Crippen LogP contribution in [-0.2, 0) is 0 Å². The SMILES string of the molecule is CC(C)C=CB(c1ccccc1)c1ccccc1.CC(C)c1cnc[nH]1. The van der Waals surface area contributed by atoms with Crippen LogP contribution in [0.2, 0.25) is 0 Å². The number of aromatic nitrogens is 2. The van der Waals surface area contributed by atoms with Gasteiger partial charge in [-0.2, -0.15) is 0 Å². The number of rotatable bonds is 5. The molecule has 0 fully saturated rings. The maximum Gasteiger partial charge on any atom is 0.233 e. The number of benzene rings is 2. The van der Waals surface area contributed by atoms with Gasteiger partial charge in [-0.15, -0.1) is 5.98 Å². The zero-order valence-corrected chi connectivity index (χ0v) is 16.3. The largest absolute Gasteiger partial charge is 0.348 e. The minimum Gasteiger partial charge on any atom is -0.348 e. The van der Waals surface area contributed by atoms with Gasteiger partial charge < -0.3 is 4.98 Å². The summed E-state index contributed by atoms with van der Waals surface area (Å²) in [6, 6.07) is 21.3. The van der Waals surface area contributed by atoms with Crippen molar-refractivity contribution in [2.75, 3.05) is 0 Å². The number of aromatic amines is 1. The van der Waals surface area contributed by atoms with Gasteiger partial charge in [0.25, 0.3) is 0 Å². The summed E-state index contributed by atoms with van der Waals surface area (Å²) in [6.45, 7) is 9.04. The summed E-state index contributed by atoms with van der Waals surface area (Å²) in [7, 11) is 0. The second-order valence-electron chi connectivity index (χ2n) is 7.09. The lowest BCUT2D eigenvalue weighted by Crippen LogP contribution is -2.40. The summed E-state index contributed by atoms with van der Waals surface area (Å²) in [5.74, 6) is 3.47. The van der Waals surface area contributed by atoms with Crippen molar-refractivity contribution in [3.63, 3.8) is 0 Å². The van der Waals surface area contributed by atoms with Crippen LogP contribution in [0.3, 0.4) is 0 Å². The number of hydrogen-bond acceptors (Lipinski definition) is 1. The van der Waals surface area contributed by atoms with Crippen LogP contribution in [0.4, 0.5) is 0 Å². The fourth-order valence-electron chi connectivity index (χ4n) is 2.65. The molecule has 0 atom stereocenters. The molecule has 0 saturated carbocycles. The van der Waals surface area contributed by atoms with Crippen LogP contribution >= 0.6 is 0 Å². The summed E-state index contributed by atoms with van der Waals surface area (Å²) in [4.78, 5) is 6.91. The van der Waals surface area contributed by atoms with E-state index in [0.29, 0.717) is 18.5 Å². The standard InChI is InChI=1S/C17H19B.C6H10N2/c1-15(2)13-14-18(16-9-5-3-6-10-16)17-11-7-4-8-12-17;1-5(2)6-3-7-4-8-6/h3-15H,1-2H3;3-5H,1-2H3,(H,7,8). The van der Waals surface area contributed by atoms with Crippen LogP contribution in [0, 0.1) is 5.92 Å². The van der Waals surface area contributed by atoms with Crippen LogP contribution in [0.1, 0.15) is 39.3 Å². The molecule has 3 rings (SSSR count). The fourth-order valence-corrected chi connectivity index (χ4v) is 2.65. The highest BCUT2D eigenvalue weighted by atomic mass is 14.9. The predicted molar refractivity (Wildman–Crippen MR) is 115 cm³/mol. The van der Waals surface area contributed by atoms with Crippen LogP contribution in [0.15, 0.2) is 85.2 Å². The second-order valence-corrected chi connectivity index (χ2v) is 7.09. The van der Waals surface area contributed by atoms with E-state index >= 15 is 0 Å². The molecule has 0 amide bonds. The van der Waals surface area contributed by atoms with E-state index in [1.54, 1.807) is 6.33 Å². The summed E-state index contributed by atoms with van der Waals surface area (Å²) in [5.41, 5.74) is 3.89. The van der Waals surface area contributed by atoms with E-state index in [4.69, 9.17) is 0 Å². The van der Waals surface area contributed by atoms with Crippen molar-refractivity contribution < 1.29 is 0 Å². The highest BCUT2D eigenvalue weighted by Crippen LogP contribution is 2.07. The zero-order valence-electron chi connectivity index (χ0n) is 16.3. The molecule has 3 heteroatoms. The first-order chi connectivity index (χ1) is 12.6. The molecule has 0 spiro atoms. The minimum atomic E-state index is 0.356. The Labute approximate surface area is 158 Å². The van der Waals surface area contributed by atoms with E-state index < -0.39 is 0 Å². The maximum atomic E-state index is 3.89. The van der Waals surface area contributed by atoms with Crippen LogP contribution in [0.25, 0.3) is 0 Å². The average Bonchev–Trinajstić information content (AvgIpc) is 3.19. The van der Waals surface area contributed by atoms with E-state index in [2.05, 4.69) is 110 Å². The van der Waals surface area contributed by atoms with Crippen molar-refractivity contribution >= 4 is 17.6 Å². The van der Waals surface area contributed by atoms with Gasteiger partial charge in [0, 0.05) is 11.9 Å². The molecule has 0 aliphatic heterocycles. The van der Waals surface area contributed by atoms with Crippen molar-refractivity contribution in [1.29, 1.82) is 0 Å². The lowest BCUT2D eigenvalue weighted by Gasteiger charge is -2.10. The van der Waals surface area contributed by atoms with Crippen molar-refractivity contribution in [3.8, 4) is 0 Å². The highest BCUT2D eigenvalue weighted by Gasteiger charge is 2.14. The topological polar surface area (TPSA) is 28.7 Å². The van der Waals surface area contributed by atoms with Gasteiger partial charge in [-0.3, -0.25) is 0 Å². The molecule has 0 aliphatic rings. The molecule has 0 saturated heterocycles. The Hall–Kier alpha value is -2.55. The van der Waals surface area contributed by atoms with Gasteiger partial charge >= 0.3 is 0 Å². The van der Waals surface area contributed by atoms with Crippen LogP contribution in [0.5, 0.6) is 0 Å². The molecule has 1 aromatic heterocycles. The van der Waals surface area contributed by atoms with Crippen molar-refractivity contribution in [2.45, 2.75) is 33.6 Å². The molecular weight excluding hydrogens is 315 g/mol. The summed E-state index contributed by atoms with van der Waals surface area (Å²) >= 11 is 0. The molecular formula is C23H29BN2. The first-order valence-electron chi connectivity index (χ1n) is 9.34. The second kappa shape index (κ2) is 10.4. The Bertz CT molecular complexity index is 708. The van der Waals surface area contributed by atoms with Crippen molar-refractivity contribution in [3.05, 3.63) is 90.9 Å². The number of nitrogens with zero attached hydrogens (tertiary/aromatic N) is 1. The predicted octanol–water partition coefficient (Wildman–Crippen LogP) is 4.58. The van der Waals surface area contributed by atoms with E-state index in [1.165, 1.54) is 16.6 Å². The Kier molecular flexibility index (Phi) is 7.95. The molecule has 1 heterocycles. The highest BCUT2D eigenvalue weighted by molar-refractivity contribution is 6.89. The van der Waals surface area contributed by atoms with E-state index in [-0.39, 0.29) is 0 Å². The van der Waals surface area contributed by atoms with Gasteiger partial charge in [-0.25, -0.2) is 4.98 Å². The van der Waals surface area contributed by atoms with E-state index in [1.807, 2.05) is 6.20 Å². The summed E-state index contributed by atoms with van der Waals surface area (Å²) in [6.07, 6.45) is 5.84. The lowest BCUT2D eigenvalue weighted by molar-refractivity contribution is 0.832. The zero-order chi connectivity index (χ0) is 18.8. The molecule has 26 heavy (non-hydrogen) atoms. The third-order valence-corrected chi connectivity index (χ3v) is 4.15. The monoisotopic (exact) mass is 344 g/mol. The molecule has 0 unspecified atom stereocenters. The molecule has 0 aliphatic carbocycles. The summed E-state index contributed by atoms with van der Waals surface area (Å²) in [5, 5.41) is 0. The smallest absolute Gasteiger partial charge is 0.233 e. The normalized spacial score (nSPS) is 10.8. The average molecular weight is 344 g/mol. The Morgan fingerprint density at radius 3 is 1.73 bits per heavy atom. The first-order valence-corrected chi connectivity index (χ1v) is 9.34. The van der Waals surface area contributed by atoms with E-state index in [9.17, 15) is 0 Å². The first kappa shape index (κ1) is 19.8. The molecule has 134 valence electrons. The number of hydrogen-bond donors (Lipinski definition) is 1. The van der Waals surface area contributed by atoms with Crippen molar-refractivity contribution in [1.82, 2.24) is 9.97 Å². The van der Waals surface area contributed by atoms with Gasteiger partial charge in [0.1, 0.15) is 0 Å². The number of nitrogens with one attached hydrogen (secondary N) is 1. The molecule has 0 radical (unpaired) electrons. The van der Waals surface area contributed by atoms with E-state index in [0.717, 1.165) is 0 Å². The Balaban J connectivity index is 0.000000254. The van der Waals surface area contributed by atoms with Crippen molar-refractivity contribution in [2.24, 2.45) is 5.92 Å². The third-order valence-electron chi connectivity index (χ3n) is 4.15. The maximum absolute atomic E-state index is 3.89. The van der Waals surface area contributed by atoms with Gasteiger partial charge in [0.05, 0.1) is 6.33 Å². The minimum absolute atomic E-state index is 0.356. The van der Waals surface area contributed by atoms with Crippen LogP contribution < -0.4 is 10.9 Å². The molecule has 1 N–H and O–H groups in total. The molecule has 0 bridgehead atoms. The van der Waals surface area contributed by atoms with Gasteiger partial charge in [-0.05, 0) is 11.8 Å². The number of H-pyrrole nitrogens is 1. The summed E-state index contributed by atoms with van der Waals surface area (Å²) < 4.78 is 0. The Morgan fingerprint density at radius 2 is 1.38 bits per heavy atom. The molecule has 2 nitrogen and oxygen atoms in total. The molecule has 3 aromatic rings. The fraction of sp³-hybridized carbons (Fsp3) is 0.261. The Morgan fingerprint density at radius 1 is 0.846 bits per heavy atom. The number of imidazole rings is 1. The van der Waals surface area contributed by atoms with Gasteiger partial charge in [-0.1, -0.05) is 105 Å². The number of allylic oxidation sites excluding steroid dienone is 1. The molecule has 2 aromatic carbocycles. The van der Waals surface area contributed by atoms with Crippen LogP contribution in [-0.4, -0.2) is 16.7 Å². The quantitative estimate of drug-likeness (QED) is 0.675.